The zero-order valence-electron chi connectivity index (χ0n) is 12.6. The molecule has 110 valence electrons. The lowest BCUT2D eigenvalue weighted by molar-refractivity contribution is 0.198. The van der Waals surface area contributed by atoms with E-state index in [0.717, 1.165) is 25.3 Å². The van der Waals surface area contributed by atoms with Gasteiger partial charge in [-0.1, -0.05) is 0 Å². The molecular weight excluding hydrogens is 262 g/mol. The lowest BCUT2D eigenvalue weighted by Gasteiger charge is -2.32. The van der Waals surface area contributed by atoms with Crippen LogP contribution in [-0.4, -0.2) is 32.8 Å². The molecule has 0 radical (unpaired) electrons. The van der Waals surface area contributed by atoms with E-state index in [1.54, 1.807) is 0 Å². The third-order valence-electron chi connectivity index (χ3n) is 4.62. The quantitative estimate of drug-likeness (QED) is 0.940. The third kappa shape index (κ3) is 2.72. The first kappa shape index (κ1) is 13.9. The van der Waals surface area contributed by atoms with Crippen molar-refractivity contribution in [3.63, 3.8) is 0 Å². The van der Waals surface area contributed by atoms with Gasteiger partial charge in [0, 0.05) is 43.6 Å². The van der Waals surface area contributed by atoms with Crippen molar-refractivity contribution in [1.82, 2.24) is 19.7 Å². The van der Waals surface area contributed by atoms with Crippen LogP contribution in [0.1, 0.15) is 41.4 Å². The van der Waals surface area contributed by atoms with Crippen LogP contribution in [0.2, 0.25) is 0 Å². The monoisotopic (exact) mass is 283 g/mol. The first-order valence-electron chi connectivity index (χ1n) is 7.46. The Balaban J connectivity index is 1.72. The average Bonchev–Trinajstić information content (AvgIpc) is 3.12. The van der Waals surface area contributed by atoms with Crippen molar-refractivity contribution >= 4 is 0 Å². The van der Waals surface area contributed by atoms with E-state index in [2.05, 4.69) is 34.2 Å². The lowest BCUT2D eigenvalue weighted by atomic mass is 9.94. The molecule has 5 nitrogen and oxygen atoms in total. The minimum absolute atomic E-state index is 0.542. The molecule has 0 saturated carbocycles. The highest BCUT2D eigenvalue weighted by Gasteiger charge is 2.23. The molecule has 0 aliphatic carbocycles. The summed E-state index contributed by atoms with van der Waals surface area (Å²) in [6.07, 6.45) is 4.26. The van der Waals surface area contributed by atoms with Crippen LogP contribution in [0.4, 0.5) is 0 Å². The number of hydrogen-bond acceptors (Lipinski definition) is 3. The van der Waals surface area contributed by atoms with Crippen LogP contribution in [0.15, 0.2) is 18.3 Å². The Morgan fingerprint density at radius 3 is 3.05 bits per heavy atom. The van der Waals surface area contributed by atoms with Crippen molar-refractivity contribution in [1.29, 1.82) is 5.26 Å². The Labute approximate surface area is 125 Å². The molecule has 3 heterocycles. The number of likely N-dealkylation sites (tertiary alicyclic amines) is 1. The summed E-state index contributed by atoms with van der Waals surface area (Å²) in [5.74, 6) is 0.542. The Kier molecular flexibility index (Phi) is 3.80. The smallest absolute Gasteiger partial charge is 0.120 e. The largest absolute Gasteiger partial charge is 0.340 e. The van der Waals surface area contributed by atoms with Crippen molar-refractivity contribution in [2.75, 3.05) is 13.1 Å². The number of nitriles is 1. The Morgan fingerprint density at radius 1 is 1.52 bits per heavy atom. The maximum atomic E-state index is 9.13. The highest BCUT2D eigenvalue weighted by molar-refractivity contribution is 5.34. The molecule has 1 aliphatic heterocycles. The average molecular weight is 283 g/mol. The number of rotatable bonds is 3. The Morgan fingerprint density at radius 2 is 2.38 bits per heavy atom. The molecule has 1 N–H and O–H groups in total. The molecule has 21 heavy (non-hydrogen) atoms. The van der Waals surface area contributed by atoms with E-state index >= 15 is 0 Å². The van der Waals surface area contributed by atoms with Gasteiger partial charge in [0.2, 0.25) is 0 Å². The SMILES string of the molecule is Cc1c(CN2CCCC(c3ccn[nH]3)C2)cc(C#N)n1C. The molecule has 1 fully saturated rings. The topological polar surface area (TPSA) is 60.6 Å². The molecule has 5 heteroatoms. The normalized spacial score (nSPS) is 19.6. The van der Waals surface area contributed by atoms with Crippen molar-refractivity contribution in [2.24, 2.45) is 7.05 Å². The van der Waals surface area contributed by atoms with Crippen molar-refractivity contribution in [2.45, 2.75) is 32.2 Å². The van der Waals surface area contributed by atoms with Gasteiger partial charge in [0.25, 0.3) is 0 Å². The van der Waals surface area contributed by atoms with Crippen LogP contribution in [0.25, 0.3) is 0 Å². The molecule has 0 aromatic carbocycles. The highest BCUT2D eigenvalue weighted by atomic mass is 15.2. The second kappa shape index (κ2) is 5.74. The fourth-order valence-electron chi connectivity index (χ4n) is 3.22. The summed E-state index contributed by atoms with van der Waals surface area (Å²) < 4.78 is 1.98. The number of piperidine rings is 1. The van der Waals surface area contributed by atoms with Gasteiger partial charge in [-0.2, -0.15) is 10.4 Å². The van der Waals surface area contributed by atoms with E-state index in [9.17, 15) is 0 Å². The van der Waals surface area contributed by atoms with Gasteiger partial charge in [-0.05, 0) is 44.0 Å². The minimum atomic E-state index is 0.542. The number of aromatic amines is 1. The van der Waals surface area contributed by atoms with Crippen LogP contribution in [0.5, 0.6) is 0 Å². The van der Waals surface area contributed by atoms with E-state index in [0.29, 0.717) is 5.92 Å². The molecule has 1 saturated heterocycles. The fraction of sp³-hybridized carbons (Fsp3) is 0.500. The minimum Gasteiger partial charge on any atom is -0.340 e. The first-order valence-corrected chi connectivity index (χ1v) is 7.46. The van der Waals surface area contributed by atoms with Gasteiger partial charge >= 0.3 is 0 Å². The lowest BCUT2D eigenvalue weighted by Crippen LogP contribution is -2.34. The van der Waals surface area contributed by atoms with Crippen LogP contribution in [0.3, 0.4) is 0 Å². The zero-order chi connectivity index (χ0) is 14.8. The summed E-state index contributed by atoms with van der Waals surface area (Å²) >= 11 is 0. The maximum absolute atomic E-state index is 9.13. The zero-order valence-corrected chi connectivity index (χ0v) is 12.6. The fourth-order valence-corrected chi connectivity index (χ4v) is 3.22. The molecule has 0 amide bonds. The Hall–Kier alpha value is -2.06. The number of nitrogens with zero attached hydrogens (tertiary/aromatic N) is 4. The van der Waals surface area contributed by atoms with E-state index in [1.165, 1.54) is 29.8 Å². The molecule has 0 spiro atoms. The molecule has 3 rings (SSSR count). The molecule has 1 unspecified atom stereocenters. The van der Waals surface area contributed by atoms with E-state index in [4.69, 9.17) is 5.26 Å². The molecule has 0 bridgehead atoms. The van der Waals surface area contributed by atoms with E-state index in [1.807, 2.05) is 23.9 Å². The summed E-state index contributed by atoms with van der Waals surface area (Å²) in [7, 11) is 1.96. The molecule has 2 aromatic rings. The van der Waals surface area contributed by atoms with Crippen LogP contribution in [-0.2, 0) is 13.6 Å². The van der Waals surface area contributed by atoms with Gasteiger partial charge in [0.1, 0.15) is 11.8 Å². The maximum Gasteiger partial charge on any atom is 0.120 e. The van der Waals surface area contributed by atoms with E-state index < -0.39 is 0 Å². The number of hydrogen-bond donors (Lipinski definition) is 1. The second-order valence-electron chi connectivity index (χ2n) is 5.90. The Bertz CT molecular complexity index is 647. The summed E-state index contributed by atoms with van der Waals surface area (Å²) in [5.41, 5.74) is 4.43. The number of H-pyrrole nitrogens is 1. The first-order chi connectivity index (χ1) is 10.2. The van der Waals surface area contributed by atoms with Crippen molar-refractivity contribution in [3.8, 4) is 6.07 Å². The molecular formula is C16H21N5. The second-order valence-corrected chi connectivity index (χ2v) is 5.90. The van der Waals surface area contributed by atoms with Crippen LogP contribution < -0.4 is 0 Å². The van der Waals surface area contributed by atoms with Crippen molar-refractivity contribution in [3.05, 3.63) is 41.0 Å². The highest BCUT2D eigenvalue weighted by Crippen LogP contribution is 2.27. The predicted octanol–water partition coefficient (Wildman–Crippen LogP) is 2.31. The molecule has 1 atom stereocenters. The number of nitrogens with one attached hydrogen (secondary N) is 1. The summed E-state index contributed by atoms with van der Waals surface area (Å²) in [4.78, 5) is 2.48. The van der Waals surface area contributed by atoms with Crippen LogP contribution in [0, 0.1) is 18.3 Å². The van der Waals surface area contributed by atoms with Gasteiger partial charge in [-0.25, -0.2) is 0 Å². The standard InChI is InChI=1S/C16H21N5/c1-12-14(8-15(9-17)20(12)2)11-21-7-3-4-13(10-21)16-5-6-18-19-16/h5-6,8,13H,3-4,7,10-11H2,1-2H3,(H,18,19). The molecule has 2 aromatic heterocycles. The number of aromatic nitrogens is 3. The summed E-state index contributed by atoms with van der Waals surface area (Å²) in [6, 6.07) is 6.36. The van der Waals surface area contributed by atoms with Gasteiger partial charge in [-0.15, -0.1) is 0 Å². The van der Waals surface area contributed by atoms with E-state index in [-0.39, 0.29) is 0 Å². The summed E-state index contributed by atoms with van der Waals surface area (Å²) in [5, 5.41) is 16.3. The third-order valence-corrected chi connectivity index (χ3v) is 4.62. The molecule has 1 aliphatic rings. The van der Waals surface area contributed by atoms with Gasteiger partial charge in [0.15, 0.2) is 0 Å². The van der Waals surface area contributed by atoms with Crippen LogP contribution >= 0.6 is 0 Å². The van der Waals surface area contributed by atoms with Gasteiger partial charge in [-0.3, -0.25) is 10.00 Å². The van der Waals surface area contributed by atoms with Crippen molar-refractivity contribution < 1.29 is 0 Å². The van der Waals surface area contributed by atoms with Gasteiger partial charge in [0.05, 0.1) is 0 Å². The predicted molar refractivity (Wildman–Crippen MR) is 80.7 cm³/mol. The summed E-state index contributed by atoms with van der Waals surface area (Å²) in [6.45, 7) is 5.19. The van der Waals surface area contributed by atoms with Gasteiger partial charge < -0.3 is 4.57 Å².